The number of hydrogen-bond donors (Lipinski definition) is 1. The molecule has 0 aliphatic rings. The highest BCUT2D eigenvalue weighted by atomic mass is 16.1. The van der Waals surface area contributed by atoms with Crippen molar-refractivity contribution in [1.82, 2.24) is 25.0 Å². The summed E-state index contributed by atoms with van der Waals surface area (Å²) in [7, 11) is 0. The van der Waals surface area contributed by atoms with Crippen molar-refractivity contribution in [1.29, 1.82) is 0 Å². The molecule has 0 aliphatic heterocycles. The quantitative estimate of drug-likeness (QED) is 0.614. The average molecular weight is 342 g/mol. The summed E-state index contributed by atoms with van der Waals surface area (Å²) >= 11 is 0. The largest absolute Gasteiger partial charge is 0.364 e. The van der Waals surface area contributed by atoms with E-state index in [1.807, 2.05) is 42.5 Å². The number of amides is 1. The van der Waals surface area contributed by atoms with Crippen LogP contribution in [0.2, 0.25) is 0 Å². The zero-order chi connectivity index (χ0) is 17.9. The summed E-state index contributed by atoms with van der Waals surface area (Å²) in [5.74, 6) is -0.598. The predicted octanol–water partition coefficient (Wildman–Crippen LogP) is 2.49. The molecule has 3 aromatic heterocycles. The van der Waals surface area contributed by atoms with Gasteiger partial charge < -0.3 is 5.73 Å². The van der Waals surface area contributed by atoms with Crippen molar-refractivity contribution in [2.45, 2.75) is 0 Å². The van der Waals surface area contributed by atoms with Gasteiger partial charge in [-0.1, -0.05) is 41.6 Å². The highest BCUT2D eigenvalue weighted by Gasteiger charge is 2.22. The summed E-state index contributed by atoms with van der Waals surface area (Å²) in [4.78, 5) is 20.6. The van der Waals surface area contributed by atoms with E-state index >= 15 is 0 Å². The maximum absolute atomic E-state index is 12.1. The monoisotopic (exact) mass is 342 g/mol. The Hall–Kier alpha value is -3.87. The summed E-state index contributed by atoms with van der Waals surface area (Å²) in [6.07, 6.45) is 8.29. The first kappa shape index (κ1) is 15.6. The molecule has 0 saturated heterocycles. The van der Waals surface area contributed by atoms with Crippen molar-refractivity contribution < 1.29 is 4.79 Å². The number of hydrogen-bond acceptors (Lipinski definition) is 5. The molecule has 0 spiro atoms. The number of nitrogens with zero attached hydrogens (tertiary/aromatic N) is 5. The SMILES string of the molecule is NC(=O)c1ncc(-n2ccnn2)c(-c2cccnc2)c1-c1ccccc1. The molecule has 26 heavy (non-hydrogen) atoms. The minimum Gasteiger partial charge on any atom is -0.364 e. The fourth-order valence-corrected chi connectivity index (χ4v) is 2.89. The van der Waals surface area contributed by atoms with E-state index in [-0.39, 0.29) is 5.69 Å². The molecule has 0 fully saturated rings. The Bertz CT molecular complexity index is 1050. The van der Waals surface area contributed by atoms with Crippen LogP contribution in [0.25, 0.3) is 27.9 Å². The number of pyridine rings is 2. The van der Waals surface area contributed by atoms with E-state index in [1.54, 1.807) is 35.7 Å². The van der Waals surface area contributed by atoms with Crippen LogP contribution in [0.1, 0.15) is 10.5 Å². The molecule has 0 saturated carbocycles. The van der Waals surface area contributed by atoms with E-state index in [9.17, 15) is 4.79 Å². The van der Waals surface area contributed by atoms with Gasteiger partial charge in [0.15, 0.2) is 0 Å². The van der Waals surface area contributed by atoms with Crippen LogP contribution in [0.5, 0.6) is 0 Å². The lowest BCUT2D eigenvalue weighted by molar-refractivity contribution is 0.0996. The summed E-state index contributed by atoms with van der Waals surface area (Å²) in [5.41, 5.74) is 9.54. The lowest BCUT2D eigenvalue weighted by Crippen LogP contribution is -2.16. The van der Waals surface area contributed by atoms with Gasteiger partial charge in [-0.05, 0) is 11.6 Å². The first-order chi connectivity index (χ1) is 12.8. The van der Waals surface area contributed by atoms with E-state index in [0.717, 1.165) is 16.7 Å². The Kier molecular flexibility index (Phi) is 3.95. The average Bonchev–Trinajstić information content (AvgIpc) is 3.23. The Morgan fingerprint density at radius 3 is 2.38 bits per heavy atom. The van der Waals surface area contributed by atoms with E-state index in [1.165, 1.54) is 0 Å². The number of carbonyl (C=O) groups is 1. The van der Waals surface area contributed by atoms with Crippen molar-refractivity contribution in [3.8, 4) is 27.9 Å². The minimum atomic E-state index is -0.598. The lowest BCUT2D eigenvalue weighted by atomic mass is 9.92. The summed E-state index contributed by atoms with van der Waals surface area (Å²) < 4.78 is 1.60. The number of aromatic nitrogens is 5. The van der Waals surface area contributed by atoms with Gasteiger partial charge in [-0.3, -0.25) is 9.78 Å². The third kappa shape index (κ3) is 2.71. The first-order valence-corrected chi connectivity index (χ1v) is 7.91. The number of rotatable bonds is 4. The van der Waals surface area contributed by atoms with E-state index in [4.69, 9.17) is 5.73 Å². The molecule has 0 bridgehead atoms. The smallest absolute Gasteiger partial charge is 0.267 e. The van der Waals surface area contributed by atoms with E-state index in [2.05, 4.69) is 20.3 Å². The van der Waals surface area contributed by atoms with Crippen LogP contribution in [0.4, 0.5) is 0 Å². The molecule has 0 aliphatic carbocycles. The molecule has 1 amide bonds. The second kappa shape index (κ2) is 6.56. The van der Waals surface area contributed by atoms with E-state index < -0.39 is 5.91 Å². The van der Waals surface area contributed by atoms with Gasteiger partial charge in [0.25, 0.3) is 5.91 Å². The molecular formula is C19H14N6O. The third-order valence-corrected chi connectivity index (χ3v) is 3.97. The molecule has 4 aromatic rings. The van der Waals surface area contributed by atoms with Gasteiger partial charge in [0, 0.05) is 29.1 Å². The maximum Gasteiger partial charge on any atom is 0.267 e. The Morgan fingerprint density at radius 2 is 1.73 bits per heavy atom. The van der Waals surface area contributed by atoms with Crippen molar-refractivity contribution >= 4 is 5.91 Å². The van der Waals surface area contributed by atoms with Gasteiger partial charge >= 0.3 is 0 Å². The molecule has 0 radical (unpaired) electrons. The number of primary amides is 1. The second-order valence-corrected chi connectivity index (χ2v) is 5.56. The van der Waals surface area contributed by atoms with Gasteiger partial charge in [-0.25, -0.2) is 9.67 Å². The molecule has 2 N–H and O–H groups in total. The molecule has 4 rings (SSSR count). The molecule has 0 atom stereocenters. The molecule has 126 valence electrons. The number of nitrogens with two attached hydrogens (primary N) is 1. The summed E-state index contributed by atoms with van der Waals surface area (Å²) in [6, 6.07) is 13.3. The zero-order valence-electron chi connectivity index (χ0n) is 13.6. The minimum absolute atomic E-state index is 0.193. The van der Waals surface area contributed by atoms with Crippen LogP contribution in [-0.4, -0.2) is 30.9 Å². The van der Waals surface area contributed by atoms with Gasteiger partial charge in [0.05, 0.1) is 24.3 Å². The van der Waals surface area contributed by atoms with Crippen LogP contribution < -0.4 is 5.73 Å². The third-order valence-electron chi connectivity index (χ3n) is 3.97. The maximum atomic E-state index is 12.1. The van der Waals surface area contributed by atoms with Crippen LogP contribution in [-0.2, 0) is 0 Å². The van der Waals surface area contributed by atoms with Crippen molar-refractivity contribution in [3.05, 3.63) is 79.1 Å². The first-order valence-electron chi connectivity index (χ1n) is 7.91. The second-order valence-electron chi connectivity index (χ2n) is 5.56. The number of benzene rings is 1. The lowest BCUT2D eigenvalue weighted by Gasteiger charge is -2.17. The van der Waals surface area contributed by atoms with Gasteiger partial charge in [-0.15, -0.1) is 5.10 Å². The summed E-state index contributed by atoms with van der Waals surface area (Å²) in [6.45, 7) is 0. The van der Waals surface area contributed by atoms with Crippen LogP contribution in [0.15, 0.2) is 73.4 Å². The Labute approximate surface area is 149 Å². The molecule has 0 unspecified atom stereocenters. The molecule has 7 heteroatoms. The highest BCUT2D eigenvalue weighted by Crippen LogP contribution is 2.37. The Morgan fingerprint density at radius 1 is 0.923 bits per heavy atom. The normalized spacial score (nSPS) is 10.6. The van der Waals surface area contributed by atoms with Crippen LogP contribution in [0, 0.1) is 0 Å². The Balaban J connectivity index is 2.13. The molecule has 7 nitrogen and oxygen atoms in total. The van der Waals surface area contributed by atoms with E-state index in [0.29, 0.717) is 11.3 Å². The summed E-state index contributed by atoms with van der Waals surface area (Å²) in [5, 5.41) is 7.94. The standard InChI is InChI=1S/C19H14N6O/c20-19(26)18-17(13-5-2-1-3-6-13)16(14-7-4-8-21-11-14)15(12-22-18)25-10-9-23-24-25/h1-12H,(H2,20,26). The van der Waals surface area contributed by atoms with Gasteiger partial charge in [0.1, 0.15) is 5.69 Å². The molecule has 1 aromatic carbocycles. The zero-order valence-corrected chi connectivity index (χ0v) is 13.6. The van der Waals surface area contributed by atoms with Crippen LogP contribution in [0.3, 0.4) is 0 Å². The van der Waals surface area contributed by atoms with Gasteiger partial charge in [-0.2, -0.15) is 0 Å². The molecular weight excluding hydrogens is 328 g/mol. The van der Waals surface area contributed by atoms with Crippen LogP contribution >= 0.6 is 0 Å². The fraction of sp³-hybridized carbons (Fsp3) is 0. The fourth-order valence-electron chi connectivity index (χ4n) is 2.89. The van der Waals surface area contributed by atoms with Crippen molar-refractivity contribution in [2.75, 3.05) is 0 Å². The topological polar surface area (TPSA) is 99.6 Å². The molecule has 3 heterocycles. The highest BCUT2D eigenvalue weighted by molar-refractivity contribution is 6.03. The van der Waals surface area contributed by atoms with Gasteiger partial charge in [0.2, 0.25) is 0 Å². The number of carbonyl (C=O) groups excluding carboxylic acids is 1. The van der Waals surface area contributed by atoms with Crippen molar-refractivity contribution in [3.63, 3.8) is 0 Å². The van der Waals surface area contributed by atoms with Crippen molar-refractivity contribution in [2.24, 2.45) is 5.73 Å². The predicted molar refractivity (Wildman–Crippen MR) is 96.3 cm³/mol.